The van der Waals surface area contributed by atoms with Gasteiger partial charge in [-0.2, -0.15) is 5.10 Å². The molecule has 0 amide bonds. The summed E-state index contributed by atoms with van der Waals surface area (Å²) >= 11 is 0. The highest BCUT2D eigenvalue weighted by atomic mass is 19.1. The van der Waals surface area contributed by atoms with Gasteiger partial charge in [0, 0.05) is 25.7 Å². The van der Waals surface area contributed by atoms with E-state index >= 15 is 0 Å². The third-order valence-corrected chi connectivity index (χ3v) is 6.72. The molecule has 1 aliphatic carbocycles. The molecule has 0 bridgehead atoms. The van der Waals surface area contributed by atoms with E-state index in [0.29, 0.717) is 31.5 Å². The van der Waals surface area contributed by atoms with Gasteiger partial charge in [-0.05, 0) is 55.5 Å². The Labute approximate surface area is 227 Å². The van der Waals surface area contributed by atoms with Crippen LogP contribution in [0.15, 0.2) is 78.9 Å². The maximum absolute atomic E-state index is 14.6. The first-order valence-corrected chi connectivity index (χ1v) is 13.2. The molecule has 1 heterocycles. The van der Waals surface area contributed by atoms with Gasteiger partial charge in [-0.3, -0.25) is 4.90 Å². The van der Waals surface area contributed by atoms with Gasteiger partial charge in [0.15, 0.2) is 11.6 Å². The summed E-state index contributed by atoms with van der Waals surface area (Å²) in [5.41, 5.74) is 3.32. The first kappa shape index (κ1) is 27.0. The smallest absolute Gasteiger partial charge is 0.227 e. The largest absolute Gasteiger partial charge is 0.435 e. The molecule has 204 valence electrons. The average Bonchev–Trinajstić information content (AvgIpc) is 3.70. The Bertz CT molecular complexity index is 1360. The van der Waals surface area contributed by atoms with Crippen LogP contribution in [-0.2, 0) is 17.9 Å². The summed E-state index contributed by atoms with van der Waals surface area (Å²) in [6.45, 7) is 4.20. The van der Waals surface area contributed by atoms with Crippen molar-refractivity contribution in [3.63, 3.8) is 0 Å². The predicted molar refractivity (Wildman–Crippen MR) is 145 cm³/mol. The summed E-state index contributed by atoms with van der Waals surface area (Å²) in [7, 11) is 0. The number of rotatable bonds is 13. The number of benzene rings is 3. The zero-order valence-electron chi connectivity index (χ0n) is 22.0. The molecule has 6 nitrogen and oxygen atoms in total. The molecule has 1 N–H and O–H groups in total. The molecule has 1 aliphatic rings. The highest BCUT2D eigenvalue weighted by Crippen LogP contribution is 2.35. The minimum atomic E-state index is -0.791. The van der Waals surface area contributed by atoms with Crippen molar-refractivity contribution in [2.45, 2.75) is 39.0 Å². The number of para-hydroxylation sites is 1. The second-order valence-corrected chi connectivity index (χ2v) is 10.1. The van der Waals surface area contributed by atoms with Gasteiger partial charge in [-0.15, -0.1) is 0 Å². The van der Waals surface area contributed by atoms with E-state index in [2.05, 4.69) is 4.90 Å². The van der Waals surface area contributed by atoms with E-state index in [1.807, 2.05) is 67.6 Å². The van der Waals surface area contributed by atoms with Crippen molar-refractivity contribution < 1.29 is 23.4 Å². The van der Waals surface area contributed by atoms with Crippen molar-refractivity contribution in [2.75, 3.05) is 19.7 Å². The van der Waals surface area contributed by atoms with Gasteiger partial charge in [-0.25, -0.2) is 13.5 Å². The van der Waals surface area contributed by atoms with Crippen LogP contribution >= 0.6 is 0 Å². The Kier molecular flexibility index (Phi) is 8.66. The third kappa shape index (κ3) is 7.29. The van der Waals surface area contributed by atoms with Gasteiger partial charge < -0.3 is 14.6 Å². The van der Waals surface area contributed by atoms with Crippen molar-refractivity contribution in [1.29, 1.82) is 0 Å². The van der Waals surface area contributed by atoms with E-state index in [1.54, 1.807) is 4.68 Å². The summed E-state index contributed by atoms with van der Waals surface area (Å²) in [6.07, 6.45) is 1.63. The lowest BCUT2D eigenvalue weighted by molar-refractivity contribution is 0.00769. The van der Waals surface area contributed by atoms with Gasteiger partial charge in [0.1, 0.15) is 5.82 Å². The van der Waals surface area contributed by atoms with Crippen molar-refractivity contribution in [1.82, 2.24) is 14.7 Å². The summed E-state index contributed by atoms with van der Waals surface area (Å²) in [5.74, 6) is -0.615. The highest BCUT2D eigenvalue weighted by Gasteiger charge is 2.28. The molecule has 39 heavy (non-hydrogen) atoms. The second-order valence-electron chi connectivity index (χ2n) is 10.1. The summed E-state index contributed by atoms with van der Waals surface area (Å²) < 4.78 is 41.7. The van der Waals surface area contributed by atoms with E-state index in [1.165, 1.54) is 12.1 Å². The number of aromatic nitrogens is 2. The lowest BCUT2D eigenvalue weighted by Gasteiger charge is -2.25. The van der Waals surface area contributed by atoms with Crippen LogP contribution in [0.5, 0.6) is 11.6 Å². The Morgan fingerprint density at radius 2 is 1.74 bits per heavy atom. The quantitative estimate of drug-likeness (QED) is 0.227. The maximum atomic E-state index is 14.6. The topological polar surface area (TPSA) is 59.8 Å². The van der Waals surface area contributed by atoms with Crippen LogP contribution in [-0.4, -0.2) is 45.6 Å². The molecule has 1 aromatic heterocycles. The van der Waals surface area contributed by atoms with Gasteiger partial charge in [0.25, 0.3) is 0 Å². The molecular weight excluding hydrogens is 500 g/mol. The van der Waals surface area contributed by atoms with E-state index in [4.69, 9.17) is 14.6 Å². The van der Waals surface area contributed by atoms with Crippen LogP contribution in [0, 0.1) is 24.5 Å². The zero-order valence-corrected chi connectivity index (χ0v) is 22.0. The molecule has 4 aromatic rings. The van der Waals surface area contributed by atoms with Crippen LogP contribution in [0.25, 0.3) is 5.69 Å². The van der Waals surface area contributed by atoms with Gasteiger partial charge >= 0.3 is 0 Å². The number of hydrogen-bond donors (Lipinski definition) is 1. The first-order valence-electron chi connectivity index (χ1n) is 13.2. The predicted octanol–water partition coefficient (Wildman–Crippen LogP) is 6.04. The molecule has 3 aromatic carbocycles. The maximum Gasteiger partial charge on any atom is 0.227 e. The minimum Gasteiger partial charge on any atom is -0.435 e. The van der Waals surface area contributed by atoms with Crippen molar-refractivity contribution in [2.24, 2.45) is 5.92 Å². The summed E-state index contributed by atoms with van der Waals surface area (Å²) in [4.78, 5) is 2.18. The first-order chi connectivity index (χ1) is 19.0. The van der Waals surface area contributed by atoms with Gasteiger partial charge in [0.05, 0.1) is 36.3 Å². The standard InChI is InChI=1S/C31H33F2N3O3/c1-22-28(19-35(17-23-12-13-23)18-27(37)21-38-20-24-8-4-2-5-9-24)31(36(34-22)26-10-6-3-7-11-26)39-30-15-14-25(32)16-29(30)33/h2-11,14-16,23,27,37H,12-13,17-21H2,1H3/t27-/m1/s1. The SMILES string of the molecule is Cc1nn(-c2ccccc2)c(Oc2ccc(F)cc2F)c1CN(CC1CC1)C[C@@H](O)COCc1ccccc1. The lowest BCUT2D eigenvalue weighted by atomic mass is 10.2. The summed E-state index contributed by atoms with van der Waals surface area (Å²) in [5, 5.41) is 15.5. The highest BCUT2D eigenvalue weighted by molar-refractivity contribution is 5.43. The number of nitrogens with zero attached hydrogens (tertiary/aromatic N) is 3. The Morgan fingerprint density at radius 3 is 2.44 bits per heavy atom. The third-order valence-electron chi connectivity index (χ3n) is 6.72. The Balaban J connectivity index is 1.36. The van der Waals surface area contributed by atoms with E-state index in [-0.39, 0.29) is 12.4 Å². The molecule has 0 unspecified atom stereocenters. The van der Waals surface area contributed by atoms with Crippen molar-refractivity contribution in [3.05, 3.63) is 107 Å². The molecule has 0 spiro atoms. The number of aliphatic hydroxyl groups is 1. The molecule has 0 aliphatic heterocycles. The molecule has 1 saturated carbocycles. The van der Waals surface area contributed by atoms with Crippen LogP contribution in [0.4, 0.5) is 8.78 Å². The fraction of sp³-hybridized carbons (Fsp3) is 0.323. The number of ether oxygens (including phenoxy) is 2. The monoisotopic (exact) mass is 533 g/mol. The van der Waals surface area contributed by atoms with Crippen LogP contribution in [0.2, 0.25) is 0 Å². The lowest BCUT2D eigenvalue weighted by Crippen LogP contribution is -2.36. The number of halogens is 2. The van der Waals surface area contributed by atoms with Crippen molar-refractivity contribution >= 4 is 0 Å². The normalized spacial score (nSPS) is 14.1. The van der Waals surface area contributed by atoms with Crippen LogP contribution < -0.4 is 4.74 Å². The number of aliphatic hydroxyl groups excluding tert-OH is 1. The van der Waals surface area contributed by atoms with Gasteiger partial charge in [0.2, 0.25) is 5.88 Å². The van der Waals surface area contributed by atoms with Gasteiger partial charge in [-0.1, -0.05) is 48.5 Å². The molecular formula is C31H33F2N3O3. The molecule has 8 heteroatoms. The average molecular weight is 534 g/mol. The number of aryl methyl sites for hydroxylation is 1. The van der Waals surface area contributed by atoms with E-state index < -0.39 is 17.7 Å². The minimum absolute atomic E-state index is 0.0854. The number of hydrogen-bond acceptors (Lipinski definition) is 5. The summed E-state index contributed by atoms with van der Waals surface area (Å²) in [6, 6.07) is 22.6. The Morgan fingerprint density at radius 1 is 1.03 bits per heavy atom. The second kappa shape index (κ2) is 12.5. The molecule has 0 radical (unpaired) electrons. The Hall–Kier alpha value is -3.59. The molecule has 0 saturated heterocycles. The molecule has 1 fully saturated rings. The van der Waals surface area contributed by atoms with E-state index in [0.717, 1.165) is 48.0 Å². The van der Waals surface area contributed by atoms with Crippen LogP contribution in [0.3, 0.4) is 0 Å². The molecule has 1 atom stereocenters. The fourth-order valence-corrected chi connectivity index (χ4v) is 4.56. The molecule has 5 rings (SSSR count). The fourth-order valence-electron chi connectivity index (χ4n) is 4.56. The zero-order chi connectivity index (χ0) is 27.2. The van der Waals surface area contributed by atoms with Crippen molar-refractivity contribution in [3.8, 4) is 17.3 Å². The van der Waals surface area contributed by atoms with E-state index in [9.17, 15) is 13.9 Å². The van der Waals surface area contributed by atoms with Crippen LogP contribution in [0.1, 0.15) is 29.7 Å².